The van der Waals surface area contributed by atoms with Crippen LogP contribution in [0.1, 0.15) is 19.3 Å². The average molecular weight is 155 g/mol. The van der Waals surface area contributed by atoms with Gasteiger partial charge in [0.25, 0.3) is 0 Å². The average Bonchev–Trinajstić information content (AvgIpc) is 2.41. The van der Waals surface area contributed by atoms with E-state index in [-0.39, 0.29) is 6.10 Å². The third-order valence-corrected chi connectivity index (χ3v) is 3.43. The molecule has 0 heterocycles. The van der Waals surface area contributed by atoms with Crippen molar-refractivity contribution in [1.29, 1.82) is 0 Å². The van der Waals surface area contributed by atoms with Crippen molar-refractivity contribution >= 4 is 0 Å². The van der Waals surface area contributed by atoms with Gasteiger partial charge in [0.2, 0.25) is 0 Å². The van der Waals surface area contributed by atoms with Gasteiger partial charge < -0.3 is 10.0 Å². The monoisotopic (exact) mass is 155 g/mol. The van der Waals surface area contributed by atoms with Crippen LogP contribution in [0.25, 0.3) is 0 Å². The molecule has 2 rings (SSSR count). The molecular weight excluding hydrogens is 138 g/mol. The molecule has 2 aliphatic rings. The van der Waals surface area contributed by atoms with Gasteiger partial charge in [-0.25, -0.2) is 0 Å². The van der Waals surface area contributed by atoms with Crippen molar-refractivity contribution in [1.82, 2.24) is 4.90 Å². The summed E-state index contributed by atoms with van der Waals surface area (Å²) in [6.07, 6.45) is 3.63. The third kappa shape index (κ3) is 1.00. The van der Waals surface area contributed by atoms with E-state index in [1.165, 1.54) is 12.8 Å². The lowest BCUT2D eigenvalue weighted by Gasteiger charge is -2.24. The Balaban J connectivity index is 2.13. The van der Waals surface area contributed by atoms with Crippen LogP contribution in [0.5, 0.6) is 0 Å². The van der Waals surface area contributed by atoms with Gasteiger partial charge in [-0.1, -0.05) is 0 Å². The maximum absolute atomic E-state index is 9.61. The Kier molecular flexibility index (Phi) is 1.69. The van der Waals surface area contributed by atoms with Gasteiger partial charge in [0, 0.05) is 12.0 Å². The molecule has 1 N–H and O–H groups in total. The number of hydrogen-bond donors (Lipinski definition) is 1. The summed E-state index contributed by atoms with van der Waals surface area (Å²) in [4.78, 5) is 2.29. The molecule has 0 aliphatic heterocycles. The first-order chi connectivity index (χ1) is 5.20. The van der Waals surface area contributed by atoms with Crippen molar-refractivity contribution in [3.05, 3.63) is 0 Å². The fourth-order valence-corrected chi connectivity index (χ4v) is 3.06. The highest BCUT2D eigenvalue weighted by Gasteiger charge is 2.48. The Labute approximate surface area is 68.2 Å². The lowest BCUT2D eigenvalue weighted by molar-refractivity contribution is 0.100. The predicted octanol–water partition coefficient (Wildman–Crippen LogP) is 0.707. The SMILES string of the molecule is CN(C)C1C2CCC1C(O)C2. The molecule has 0 spiro atoms. The minimum Gasteiger partial charge on any atom is -0.393 e. The van der Waals surface area contributed by atoms with Crippen LogP contribution in [-0.4, -0.2) is 36.2 Å². The van der Waals surface area contributed by atoms with Gasteiger partial charge in [0.15, 0.2) is 0 Å². The van der Waals surface area contributed by atoms with E-state index < -0.39 is 0 Å². The summed E-state index contributed by atoms with van der Waals surface area (Å²) in [5, 5.41) is 9.61. The molecule has 4 atom stereocenters. The second kappa shape index (κ2) is 2.46. The minimum atomic E-state index is 0.00106. The second-order valence-corrected chi connectivity index (χ2v) is 4.26. The Bertz CT molecular complexity index is 158. The minimum absolute atomic E-state index is 0.00106. The molecule has 0 aromatic heterocycles. The Morgan fingerprint density at radius 3 is 2.27 bits per heavy atom. The molecule has 0 saturated heterocycles. The molecule has 0 amide bonds. The zero-order valence-corrected chi connectivity index (χ0v) is 7.33. The van der Waals surface area contributed by atoms with Crippen LogP contribution in [0.15, 0.2) is 0 Å². The van der Waals surface area contributed by atoms with Crippen molar-refractivity contribution in [2.24, 2.45) is 11.8 Å². The maximum Gasteiger partial charge on any atom is 0.0586 e. The van der Waals surface area contributed by atoms with Crippen LogP contribution < -0.4 is 0 Å². The van der Waals surface area contributed by atoms with E-state index in [0.29, 0.717) is 12.0 Å². The number of hydrogen-bond acceptors (Lipinski definition) is 2. The van der Waals surface area contributed by atoms with Gasteiger partial charge in [0.1, 0.15) is 0 Å². The van der Waals surface area contributed by atoms with E-state index in [0.717, 1.165) is 12.3 Å². The normalized spacial score (nSPS) is 49.1. The zero-order chi connectivity index (χ0) is 8.01. The topological polar surface area (TPSA) is 23.5 Å². The molecule has 11 heavy (non-hydrogen) atoms. The number of fused-ring (bicyclic) bond motifs is 2. The van der Waals surface area contributed by atoms with Gasteiger partial charge in [-0.15, -0.1) is 0 Å². The quantitative estimate of drug-likeness (QED) is 0.602. The van der Waals surface area contributed by atoms with Gasteiger partial charge in [-0.05, 0) is 39.3 Å². The van der Waals surface area contributed by atoms with E-state index in [9.17, 15) is 5.11 Å². The molecule has 0 radical (unpaired) electrons. The Morgan fingerprint density at radius 1 is 1.27 bits per heavy atom. The van der Waals surface area contributed by atoms with Gasteiger partial charge in [0.05, 0.1) is 6.10 Å². The van der Waals surface area contributed by atoms with Crippen molar-refractivity contribution in [3.8, 4) is 0 Å². The summed E-state index contributed by atoms with van der Waals surface area (Å²) >= 11 is 0. The highest BCUT2D eigenvalue weighted by Crippen LogP contribution is 2.46. The van der Waals surface area contributed by atoms with Crippen LogP contribution in [0, 0.1) is 11.8 Å². The first kappa shape index (κ1) is 7.56. The van der Waals surface area contributed by atoms with E-state index >= 15 is 0 Å². The summed E-state index contributed by atoms with van der Waals surface area (Å²) in [6.45, 7) is 0. The number of aliphatic hydroxyl groups excluding tert-OH is 1. The predicted molar refractivity (Wildman–Crippen MR) is 44.3 cm³/mol. The van der Waals surface area contributed by atoms with Gasteiger partial charge >= 0.3 is 0 Å². The largest absolute Gasteiger partial charge is 0.393 e. The first-order valence-corrected chi connectivity index (χ1v) is 4.54. The molecular formula is C9H17NO. The van der Waals surface area contributed by atoms with Crippen LogP contribution in [0.3, 0.4) is 0 Å². The number of rotatable bonds is 1. The van der Waals surface area contributed by atoms with Crippen LogP contribution in [0.2, 0.25) is 0 Å². The summed E-state index contributed by atoms with van der Waals surface area (Å²) in [5.74, 6) is 1.36. The fraction of sp³-hybridized carbons (Fsp3) is 1.00. The van der Waals surface area contributed by atoms with E-state index in [1.54, 1.807) is 0 Å². The summed E-state index contributed by atoms with van der Waals surface area (Å²) in [5.41, 5.74) is 0. The summed E-state index contributed by atoms with van der Waals surface area (Å²) in [6, 6.07) is 0.671. The summed E-state index contributed by atoms with van der Waals surface area (Å²) in [7, 11) is 4.27. The van der Waals surface area contributed by atoms with Crippen molar-refractivity contribution < 1.29 is 5.11 Å². The van der Waals surface area contributed by atoms with Crippen molar-refractivity contribution in [2.45, 2.75) is 31.4 Å². The smallest absolute Gasteiger partial charge is 0.0586 e. The van der Waals surface area contributed by atoms with Crippen LogP contribution in [0.4, 0.5) is 0 Å². The van der Waals surface area contributed by atoms with Crippen LogP contribution >= 0.6 is 0 Å². The van der Waals surface area contributed by atoms with Crippen molar-refractivity contribution in [2.75, 3.05) is 14.1 Å². The summed E-state index contributed by atoms with van der Waals surface area (Å²) < 4.78 is 0. The second-order valence-electron chi connectivity index (χ2n) is 4.26. The lowest BCUT2D eigenvalue weighted by atomic mass is 9.98. The maximum atomic E-state index is 9.61. The molecule has 2 nitrogen and oxygen atoms in total. The van der Waals surface area contributed by atoms with Crippen LogP contribution in [-0.2, 0) is 0 Å². The highest BCUT2D eigenvalue weighted by atomic mass is 16.3. The zero-order valence-electron chi connectivity index (χ0n) is 7.33. The molecule has 2 saturated carbocycles. The molecule has 4 unspecified atom stereocenters. The highest BCUT2D eigenvalue weighted by molar-refractivity contribution is 5.00. The number of nitrogens with zero attached hydrogens (tertiary/aromatic N) is 1. The standard InChI is InChI=1S/C9H17NO/c1-10(2)9-6-3-4-7(9)8(11)5-6/h6-9,11H,3-5H2,1-2H3. The number of aliphatic hydroxyl groups is 1. The first-order valence-electron chi connectivity index (χ1n) is 4.54. The van der Waals surface area contributed by atoms with E-state index in [2.05, 4.69) is 19.0 Å². The van der Waals surface area contributed by atoms with E-state index in [1.807, 2.05) is 0 Å². The lowest BCUT2D eigenvalue weighted by Crippen LogP contribution is -2.33. The molecule has 2 bridgehead atoms. The molecule has 2 heteroatoms. The molecule has 0 aromatic carbocycles. The fourth-order valence-electron chi connectivity index (χ4n) is 3.06. The van der Waals surface area contributed by atoms with Gasteiger partial charge in [-0.3, -0.25) is 0 Å². The molecule has 0 aromatic rings. The molecule has 2 aliphatic carbocycles. The molecule has 2 fully saturated rings. The Morgan fingerprint density at radius 2 is 2.00 bits per heavy atom. The van der Waals surface area contributed by atoms with Crippen molar-refractivity contribution in [3.63, 3.8) is 0 Å². The Hall–Kier alpha value is -0.0800. The third-order valence-electron chi connectivity index (χ3n) is 3.43. The van der Waals surface area contributed by atoms with Gasteiger partial charge in [-0.2, -0.15) is 0 Å². The molecule has 64 valence electrons. The van der Waals surface area contributed by atoms with E-state index in [4.69, 9.17) is 0 Å².